The maximum atomic E-state index is 13.5. The first-order valence-corrected chi connectivity index (χ1v) is 13.5. The molecule has 2 aliphatic heterocycles. The normalized spacial score (nSPS) is 18.0. The molecule has 2 amide bonds. The van der Waals surface area contributed by atoms with Crippen LogP contribution < -0.4 is 20.9 Å². The van der Waals surface area contributed by atoms with Crippen molar-refractivity contribution in [3.8, 4) is 0 Å². The van der Waals surface area contributed by atoms with E-state index in [4.69, 9.17) is 4.74 Å². The van der Waals surface area contributed by atoms with Gasteiger partial charge in [0.1, 0.15) is 0 Å². The average Bonchev–Trinajstić information content (AvgIpc) is 3.35. The molecule has 200 valence electrons. The molecule has 0 aromatic heterocycles. The summed E-state index contributed by atoms with van der Waals surface area (Å²) in [6.45, 7) is 6.14. The molecule has 2 aromatic carbocycles. The first kappa shape index (κ1) is 27.1. The number of carbonyl (C=O) groups excluding carboxylic acids is 2. The van der Waals surface area contributed by atoms with Crippen molar-refractivity contribution in [3.63, 3.8) is 0 Å². The molecule has 2 aliphatic rings. The molecule has 4 N–H and O–H groups in total. The summed E-state index contributed by atoms with van der Waals surface area (Å²) in [6, 6.07) is 14.9. The Bertz CT molecular complexity index is 1030. The van der Waals surface area contributed by atoms with Crippen molar-refractivity contribution in [2.24, 2.45) is 5.92 Å². The number of ether oxygens (including phenoxy) is 1. The highest BCUT2D eigenvalue weighted by Crippen LogP contribution is 2.27. The maximum absolute atomic E-state index is 13.5. The second kappa shape index (κ2) is 13.6. The lowest BCUT2D eigenvalue weighted by atomic mass is 9.98. The van der Waals surface area contributed by atoms with Crippen molar-refractivity contribution in [2.75, 3.05) is 49.6 Å². The van der Waals surface area contributed by atoms with Crippen LogP contribution in [0.5, 0.6) is 0 Å². The van der Waals surface area contributed by atoms with Crippen LogP contribution in [0.3, 0.4) is 0 Å². The van der Waals surface area contributed by atoms with E-state index in [0.29, 0.717) is 44.0 Å². The summed E-state index contributed by atoms with van der Waals surface area (Å²) in [5, 5.41) is 20.9. The fraction of sp³-hybridized carbons (Fsp3) is 0.517. The van der Waals surface area contributed by atoms with Crippen molar-refractivity contribution in [3.05, 3.63) is 59.7 Å². The lowest BCUT2D eigenvalue weighted by Crippen LogP contribution is -2.49. The molecule has 2 fully saturated rings. The predicted molar refractivity (Wildman–Crippen MR) is 146 cm³/mol. The number of hydrogen-bond acceptors (Lipinski definition) is 6. The molecule has 0 aliphatic carbocycles. The van der Waals surface area contributed by atoms with E-state index in [1.54, 1.807) is 17.0 Å². The number of aliphatic hydroxyl groups excluding tert-OH is 1. The van der Waals surface area contributed by atoms with Gasteiger partial charge in [-0.1, -0.05) is 30.3 Å². The van der Waals surface area contributed by atoms with Crippen LogP contribution in [0.25, 0.3) is 0 Å². The van der Waals surface area contributed by atoms with Crippen molar-refractivity contribution >= 4 is 23.2 Å². The largest absolute Gasteiger partial charge is 0.390 e. The highest BCUT2D eigenvalue weighted by molar-refractivity contribution is 6.00. The molecule has 0 radical (unpaired) electrons. The number of hydrogen-bond donors (Lipinski definition) is 4. The van der Waals surface area contributed by atoms with Gasteiger partial charge in [0.2, 0.25) is 5.91 Å². The van der Waals surface area contributed by atoms with Gasteiger partial charge in [0.05, 0.1) is 12.1 Å². The standard InChI is InChI=1S/C29H40N4O4/c1-2-31-24-16-23(17-25(18-24)33-12-6-9-28(33)35)29(36)32-26(15-21-7-4-3-5-8-21)27(34)20-30-19-22-10-13-37-14-11-22/h3-5,7-8,16-18,22,26-27,30-31,34H,2,6,9-15,19-20H2,1H3,(H,32,36)/t26-,27-/m0/s1. The molecule has 4 rings (SSSR count). The minimum atomic E-state index is -0.763. The monoisotopic (exact) mass is 508 g/mol. The van der Waals surface area contributed by atoms with Crippen molar-refractivity contribution in [1.29, 1.82) is 0 Å². The highest BCUT2D eigenvalue weighted by Gasteiger charge is 2.26. The summed E-state index contributed by atoms with van der Waals surface area (Å²) in [5.74, 6) is 0.355. The Balaban J connectivity index is 1.47. The van der Waals surface area contributed by atoms with Gasteiger partial charge < -0.3 is 30.7 Å². The van der Waals surface area contributed by atoms with E-state index >= 15 is 0 Å². The van der Waals surface area contributed by atoms with Crippen LogP contribution >= 0.6 is 0 Å². The summed E-state index contributed by atoms with van der Waals surface area (Å²) < 4.78 is 5.44. The fourth-order valence-electron chi connectivity index (χ4n) is 5.06. The number of aliphatic hydroxyl groups is 1. The number of nitrogens with one attached hydrogen (secondary N) is 3. The van der Waals surface area contributed by atoms with E-state index in [0.717, 1.165) is 56.0 Å². The Kier molecular flexibility index (Phi) is 9.93. The molecule has 2 heterocycles. The van der Waals surface area contributed by atoms with Crippen molar-refractivity contribution < 1.29 is 19.4 Å². The van der Waals surface area contributed by atoms with Crippen LogP contribution in [0.4, 0.5) is 11.4 Å². The summed E-state index contributed by atoms with van der Waals surface area (Å²) in [4.78, 5) is 27.6. The van der Waals surface area contributed by atoms with Crippen LogP contribution in [-0.4, -0.2) is 68.5 Å². The summed E-state index contributed by atoms with van der Waals surface area (Å²) in [7, 11) is 0. The van der Waals surface area contributed by atoms with Gasteiger partial charge in [0.15, 0.2) is 0 Å². The van der Waals surface area contributed by atoms with E-state index < -0.39 is 12.1 Å². The fourth-order valence-corrected chi connectivity index (χ4v) is 5.06. The van der Waals surface area contributed by atoms with E-state index in [1.807, 2.05) is 43.3 Å². The Labute approximate surface area is 219 Å². The van der Waals surface area contributed by atoms with Crippen LogP contribution in [0.2, 0.25) is 0 Å². The Morgan fingerprint density at radius 3 is 2.65 bits per heavy atom. The first-order valence-electron chi connectivity index (χ1n) is 13.5. The zero-order valence-corrected chi connectivity index (χ0v) is 21.7. The van der Waals surface area contributed by atoms with E-state index in [-0.39, 0.29) is 11.8 Å². The molecular weight excluding hydrogens is 468 g/mol. The van der Waals surface area contributed by atoms with Gasteiger partial charge in [-0.25, -0.2) is 0 Å². The summed E-state index contributed by atoms with van der Waals surface area (Å²) in [6.07, 6.45) is 3.14. The van der Waals surface area contributed by atoms with Gasteiger partial charge in [-0.3, -0.25) is 9.59 Å². The molecule has 8 heteroatoms. The van der Waals surface area contributed by atoms with Gasteiger partial charge in [-0.05, 0) is 68.8 Å². The van der Waals surface area contributed by atoms with E-state index in [9.17, 15) is 14.7 Å². The van der Waals surface area contributed by atoms with Crippen molar-refractivity contribution in [1.82, 2.24) is 10.6 Å². The molecule has 2 aromatic rings. The Hall–Kier alpha value is -2.94. The molecule has 37 heavy (non-hydrogen) atoms. The van der Waals surface area contributed by atoms with E-state index in [1.165, 1.54) is 0 Å². The molecule has 0 saturated carbocycles. The SMILES string of the molecule is CCNc1cc(C(=O)N[C@@H](Cc2ccccc2)[C@@H](O)CNCC2CCOCC2)cc(N2CCCC2=O)c1. The minimum absolute atomic E-state index is 0.0768. The predicted octanol–water partition coefficient (Wildman–Crippen LogP) is 2.96. The smallest absolute Gasteiger partial charge is 0.251 e. The maximum Gasteiger partial charge on any atom is 0.251 e. The minimum Gasteiger partial charge on any atom is -0.390 e. The summed E-state index contributed by atoms with van der Waals surface area (Å²) in [5.41, 5.74) is 3.03. The number of benzene rings is 2. The van der Waals surface area contributed by atoms with Crippen LogP contribution in [0.15, 0.2) is 48.5 Å². The third kappa shape index (κ3) is 7.77. The number of amides is 2. The molecule has 2 saturated heterocycles. The zero-order valence-electron chi connectivity index (χ0n) is 21.7. The van der Waals surface area contributed by atoms with Gasteiger partial charge >= 0.3 is 0 Å². The molecule has 8 nitrogen and oxygen atoms in total. The quantitative estimate of drug-likeness (QED) is 0.352. The average molecular weight is 509 g/mol. The van der Waals surface area contributed by atoms with Crippen LogP contribution in [0, 0.1) is 5.92 Å². The topological polar surface area (TPSA) is 103 Å². The number of anilines is 2. The van der Waals surface area contributed by atoms with Crippen LogP contribution in [0.1, 0.15) is 48.5 Å². The number of rotatable bonds is 12. The lowest BCUT2D eigenvalue weighted by Gasteiger charge is -2.27. The Morgan fingerprint density at radius 1 is 1.16 bits per heavy atom. The van der Waals surface area contributed by atoms with Gasteiger partial charge in [0, 0.05) is 56.2 Å². The Morgan fingerprint density at radius 2 is 1.95 bits per heavy atom. The molecule has 0 spiro atoms. The molecular formula is C29H40N4O4. The molecule has 0 bridgehead atoms. The van der Waals surface area contributed by atoms with Gasteiger partial charge in [0.25, 0.3) is 5.91 Å². The van der Waals surface area contributed by atoms with Crippen LogP contribution in [-0.2, 0) is 16.0 Å². The van der Waals surface area contributed by atoms with E-state index in [2.05, 4.69) is 16.0 Å². The molecule has 0 unspecified atom stereocenters. The number of carbonyl (C=O) groups is 2. The lowest BCUT2D eigenvalue weighted by molar-refractivity contribution is -0.117. The second-order valence-electron chi connectivity index (χ2n) is 10.00. The third-order valence-corrected chi connectivity index (χ3v) is 7.15. The highest BCUT2D eigenvalue weighted by atomic mass is 16.5. The molecule has 2 atom stereocenters. The second-order valence-corrected chi connectivity index (χ2v) is 10.00. The van der Waals surface area contributed by atoms with Gasteiger partial charge in [-0.15, -0.1) is 0 Å². The zero-order chi connectivity index (χ0) is 26.0. The van der Waals surface area contributed by atoms with Crippen molar-refractivity contribution in [2.45, 2.75) is 51.2 Å². The number of nitrogens with zero attached hydrogens (tertiary/aromatic N) is 1. The van der Waals surface area contributed by atoms with Gasteiger partial charge in [-0.2, -0.15) is 0 Å². The summed E-state index contributed by atoms with van der Waals surface area (Å²) >= 11 is 0. The first-order chi connectivity index (χ1) is 18.0. The third-order valence-electron chi connectivity index (χ3n) is 7.15.